The van der Waals surface area contributed by atoms with Gasteiger partial charge in [-0.3, -0.25) is 4.57 Å². The second kappa shape index (κ2) is 3.17. The van der Waals surface area contributed by atoms with E-state index in [1.165, 1.54) is 0 Å². The molecule has 0 aliphatic rings. The molecule has 1 heterocycles. The third-order valence-electron chi connectivity index (χ3n) is 1.82. The number of aromatic amines is 1. The molecule has 1 aromatic heterocycles. The van der Waals surface area contributed by atoms with Gasteiger partial charge in [-0.2, -0.15) is 0 Å². The van der Waals surface area contributed by atoms with E-state index in [-0.39, 0.29) is 11.1 Å². The molecular formula is C9H16N2O. The molecule has 0 amide bonds. The average Bonchev–Trinajstić information content (AvgIpc) is 2.29. The van der Waals surface area contributed by atoms with Gasteiger partial charge in [-0.1, -0.05) is 20.8 Å². The highest BCUT2D eigenvalue weighted by atomic mass is 16.1. The van der Waals surface area contributed by atoms with Gasteiger partial charge in [0.15, 0.2) is 0 Å². The van der Waals surface area contributed by atoms with Gasteiger partial charge in [-0.15, -0.1) is 0 Å². The van der Waals surface area contributed by atoms with Crippen molar-refractivity contribution in [1.29, 1.82) is 0 Å². The third kappa shape index (κ3) is 2.57. The zero-order valence-electron chi connectivity index (χ0n) is 7.92. The lowest BCUT2D eigenvalue weighted by Crippen LogP contribution is -2.19. The summed E-state index contributed by atoms with van der Waals surface area (Å²) in [6, 6.07) is 0. The Bertz CT molecular complexity index is 290. The minimum Gasteiger partial charge on any atom is -0.313 e. The van der Waals surface area contributed by atoms with Crippen LogP contribution < -0.4 is 5.69 Å². The van der Waals surface area contributed by atoms with E-state index >= 15 is 0 Å². The maximum atomic E-state index is 11.0. The van der Waals surface area contributed by atoms with Crippen molar-refractivity contribution in [2.45, 2.75) is 33.7 Å². The molecule has 0 radical (unpaired) electrons. The van der Waals surface area contributed by atoms with Crippen molar-refractivity contribution in [3.63, 3.8) is 0 Å². The van der Waals surface area contributed by atoms with Crippen molar-refractivity contribution in [1.82, 2.24) is 9.55 Å². The summed E-state index contributed by atoms with van der Waals surface area (Å²) < 4.78 is 1.70. The molecule has 0 saturated carbocycles. The van der Waals surface area contributed by atoms with Gasteiger partial charge in [-0.05, 0) is 11.8 Å². The van der Waals surface area contributed by atoms with E-state index in [1.54, 1.807) is 17.0 Å². The number of imidazole rings is 1. The summed E-state index contributed by atoms with van der Waals surface area (Å²) in [5.74, 6) is 0. The van der Waals surface area contributed by atoms with Crippen LogP contribution in [0.15, 0.2) is 17.2 Å². The lowest BCUT2D eigenvalue weighted by atomic mass is 9.92. The highest BCUT2D eigenvalue weighted by Crippen LogP contribution is 2.18. The first-order valence-corrected chi connectivity index (χ1v) is 4.23. The lowest BCUT2D eigenvalue weighted by molar-refractivity contribution is 0.348. The molecular weight excluding hydrogens is 152 g/mol. The van der Waals surface area contributed by atoms with Crippen molar-refractivity contribution in [3.8, 4) is 0 Å². The first kappa shape index (κ1) is 9.10. The molecule has 12 heavy (non-hydrogen) atoms. The van der Waals surface area contributed by atoms with Gasteiger partial charge < -0.3 is 4.98 Å². The molecule has 0 atom stereocenters. The number of hydrogen-bond acceptors (Lipinski definition) is 1. The topological polar surface area (TPSA) is 37.8 Å². The highest BCUT2D eigenvalue weighted by molar-refractivity contribution is 4.76. The number of rotatable bonds is 2. The fraction of sp³-hybridized carbons (Fsp3) is 0.667. The summed E-state index contributed by atoms with van der Waals surface area (Å²) in [6.45, 7) is 7.31. The number of aryl methyl sites for hydroxylation is 1. The monoisotopic (exact) mass is 168 g/mol. The van der Waals surface area contributed by atoms with Crippen molar-refractivity contribution < 1.29 is 0 Å². The molecule has 0 fully saturated rings. The summed E-state index contributed by atoms with van der Waals surface area (Å²) in [5.41, 5.74) is 0.274. The summed E-state index contributed by atoms with van der Waals surface area (Å²) >= 11 is 0. The van der Waals surface area contributed by atoms with Gasteiger partial charge in [0, 0.05) is 18.9 Å². The molecule has 1 rings (SSSR count). The van der Waals surface area contributed by atoms with Crippen LogP contribution in [-0.4, -0.2) is 9.55 Å². The third-order valence-corrected chi connectivity index (χ3v) is 1.82. The van der Waals surface area contributed by atoms with Gasteiger partial charge in [0.05, 0.1) is 0 Å². The first-order valence-electron chi connectivity index (χ1n) is 4.23. The number of hydrogen-bond donors (Lipinski definition) is 1. The first-order chi connectivity index (χ1) is 5.49. The van der Waals surface area contributed by atoms with Crippen molar-refractivity contribution in [3.05, 3.63) is 22.9 Å². The van der Waals surface area contributed by atoms with Crippen LogP contribution in [0.2, 0.25) is 0 Å². The van der Waals surface area contributed by atoms with Gasteiger partial charge in [-0.25, -0.2) is 4.79 Å². The van der Waals surface area contributed by atoms with E-state index < -0.39 is 0 Å². The summed E-state index contributed by atoms with van der Waals surface area (Å²) in [4.78, 5) is 13.7. The Morgan fingerprint density at radius 1 is 1.50 bits per heavy atom. The van der Waals surface area contributed by atoms with E-state index in [4.69, 9.17) is 0 Å². The van der Waals surface area contributed by atoms with E-state index in [9.17, 15) is 4.79 Å². The fourth-order valence-corrected chi connectivity index (χ4v) is 0.981. The largest absolute Gasteiger partial charge is 0.325 e. The zero-order chi connectivity index (χ0) is 9.19. The molecule has 68 valence electrons. The molecule has 1 aromatic rings. The Morgan fingerprint density at radius 3 is 2.58 bits per heavy atom. The summed E-state index contributed by atoms with van der Waals surface area (Å²) in [5, 5.41) is 0. The van der Waals surface area contributed by atoms with Crippen LogP contribution >= 0.6 is 0 Å². The van der Waals surface area contributed by atoms with E-state index in [2.05, 4.69) is 25.8 Å². The Morgan fingerprint density at radius 2 is 2.17 bits per heavy atom. The van der Waals surface area contributed by atoms with Crippen LogP contribution in [0.5, 0.6) is 0 Å². The van der Waals surface area contributed by atoms with Crippen molar-refractivity contribution in [2.24, 2.45) is 5.41 Å². The minimum absolute atomic E-state index is 0.0146. The normalized spacial score (nSPS) is 11.9. The molecule has 0 spiro atoms. The van der Waals surface area contributed by atoms with Crippen LogP contribution in [0.25, 0.3) is 0 Å². The molecule has 0 unspecified atom stereocenters. The summed E-state index contributed by atoms with van der Waals surface area (Å²) in [7, 11) is 0. The second-order valence-electron chi connectivity index (χ2n) is 4.27. The van der Waals surface area contributed by atoms with Gasteiger partial charge in [0.2, 0.25) is 0 Å². The molecule has 0 aliphatic heterocycles. The van der Waals surface area contributed by atoms with Crippen LogP contribution in [0.1, 0.15) is 27.2 Å². The summed E-state index contributed by atoms with van der Waals surface area (Å²) in [6.07, 6.45) is 4.48. The molecule has 3 heteroatoms. The predicted octanol–water partition coefficient (Wildman–Crippen LogP) is 1.61. The van der Waals surface area contributed by atoms with E-state index in [1.807, 2.05) is 0 Å². The van der Waals surface area contributed by atoms with Gasteiger partial charge in [0.1, 0.15) is 0 Å². The Balaban J connectivity index is 2.55. The Hall–Kier alpha value is -0.990. The van der Waals surface area contributed by atoms with Crippen LogP contribution in [0.4, 0.5) is 0 Å². The van der Waals surface area contributed by atoms with Gasteiger partial charge >= 0.3 is 5.69 Å². The SMILES string of the molecule is CC(C)(C)CCn1cc[nH]c1=O. The highest BCUT2D eigenvalue weighted by Gasteiger charge is 2.10. The van der Waals surface area contributed by atoms with Gasteiger partial charge in [0.25, 0.3) is 0 Å². The number of H-pyrrole nitrogens is 1. The molecule has 0 bridgehead atoms. The molecule has 0 saturated heterocycles. The fourth-order valence-electron chi connectivity index (χ4n) is 0.981. The Kier molecular flexibility index (Phi) is 2.40. The Labute approximate surface area is 72.4 Å². The van der Waals surface area contributed by atoms with Crippen LogP contribution in [-0.2, 0) is 6.54 Å². The number of nitrogens with one attached hydrogen (secondary N) is 1. The number of aromatic nitrogens is 2. The van der Waals surface area contributed by atoms with E-state index in [0.717, 1.165) is 13.0 Å². The van der Waals surface area contributed by atoms with Crippen molar-refractivity contribution >= 4 is 0 Å². The minimum atomic E-state index is -0.0146. The molecule has 0 aliphatic carbocycles. The average molecular weight is 168 g/mol. The molecule has 1 N–H and O–H groups in total. The predicted molar refractivity (Wildman–Crippen MR) is 49.1 cm³/mol. The smallest absolute Gasteiger partial charge is 0.313 e. The maximum absolute atomic E-state index is 11.0. The molecule has 3 nitrogen and oxygen atoms in total. The lowest BCUT2D eigenvalue weighted by Gasteiger charge is -2.17. The quantitative estimate of drug-likeness (QED) is 0.715. The van der Waals surface area contributed by atoms with Crippen LogP contribution in [0.3, 0.4) is 0 Å². The molecule has 0 aromatic carbocycles. The van der Waals surface area contributed by atoms with E-state index in [0.29, 0.717) is 0 Å². The maximum Gasteiger partial charge on any atom is 0.325 e. The second-order valence-corrected chi connectivity index (χ2v) is 4.27. The number of nitrogens with zero attached hydrogens (tertiary/aromatic N) is 1. The zero-order valence-corrected chi connectivity index (χ0v) is 7.92. The standard InChI is InChI=1S/C9H16N2O/c1-9(2,3)4-6-11-7-5-10-8(11)12/h5,7H,4,6H2,1-3H3,(H,10,12). The van der Waals surface area contributed by atoms with Crippen LogP contribution in [0, 0.1) is 5.41 Å². The van der Waals surface area contributed by atoms with Crippen molar-refractivity contribution in [2.75, 3.05) is 0 Å².